The molecule has 2 rings (SSSR count). The minimum atomic E-state index is 0.741. The SMILES string of the molecule is Cc1sc(C=O)cc1C1CCCC1. The first-order chi connectivity index (χ1) is 6.31. The zero-order valence-corrected chi connectivity index (χ0v) is 8.69. The molecule has 1 aromatic heterocycles. The van der Waals surface area contributed by atoms with Crippen LogP contribution in [0.5, 0.6) is 0 Å². The van der Waals surface area contributed by atoms with E-state index in [1.165, 1.54) is 36.1 Å². The fraction of sp³-hybridized carbons (Fsp3) is 0.545. The van der Waals surface area contributed by atoms with Crippen LogP contribution in [-0.4, -0.2) is 6.29 Å². The zero-order chi connectivity index (χ0) is 9.26. The van der Waals surface area contributed by atoms with E-state index >= 15 is 0 Å². The molecule has 1 fully saturated rings. The molecule has 0 unspecified atom stereocenters. The van der Waals surface area contributed by atoms with E-state index in [4.69, 9.17) is 0 Å². The standard InChI is InChI=1S/C11H14OS/c1-8-11(6-10(7-12)13-8)9-4-2-3-5-9/h6-7,9H,2-5H2,1H3. The van der Waals surface area contributed by atoms with Crippen molar-refractivity contribution in [1.82, 2.24) is 0 Å². The predicted octanol–water partition coefficient (Wildman–Crippen LogP) is 3.53. The Bertz CT molecular complexity index is 308. The minimum Gasteiger partial charge on any atom is -0.297 e. The molecule has 0 atom stereocenters. The number of rotatable bonds is 2. The molecule has 1 aliphatic carbocycles. The number of hydrogen-bond donors (Lipinski definition) is 0. The maximum Gasteiger partial charge on any atom is 0.160 e. The quantitative estimate of drug-likeness (QED) is 0.658. The molecule has 2 heteroatoms. The van der Waals surface area contributed by atoms with Crippen molar-refractivity contribution in [3.8, 4) is 0 Å². The van der Waals surface area contributed by atoms with Gasteiger partial charge < -0.3 is 0 Å². The molecule has 0 spiro atoms. The third-order valence-corrected chi connectivity index (χ3v) is 3.88. The third kappa shape index (κ3) is 1.68. The molecule has 1 nitrogen and oxygen atoms in total. The van der Waals surface area contributed by atoms with Gasteiger partial charge in [0.25, 0.3) is 0 Å². The Hall–Kier alpha value is -0.630. The summed E-state index contributed by atoms with van der Waals surface area (Å²) in [5, 5.41) is 0. The second-order valence-corrected chi connectivity index (χ2v) is 5.05. The lowest BCUT2D eigenvalue weighted by Gasteiger charge is -2.06. The largest absolute Gasteiger partial charge is 0.297 e. The number of thiophene rings is 1. The summed E-state index contributed by atoms with van der Waals surface area (Å²) < 4.78 is 0. The Kier molecular flexibility index (Phi) is 2.49. The first-order valence-electron chi connectivity index (χ1n) is 4.87. The average molecular weight is 194 g/mol. The lowest BCUT2D eigenvalue weighted by Crippen LogP contribution is -1.90. The van der Waals surface area contributed by atoms with E-state index in [1.54, 1.807) is 11.3 Å². The van der Waals surface area contributed by atoms with Crippen molar-refractivity contribution in [2.75, 3.05) is 0 Å². The van der Waals surface area contributed by atoms with Gasteiger partial charge in [0.1, 0.15) is 0 Å². The van der Waals surface area contributed by atoms with Gasteiger partial charge in [-0.25, -0.2) is 0 Å². The van der Waals surface area contributed by atoms with Crippen LogP contribution in [0.2, 0.25) is 0 Å². The van der Waals surface area contributed by atoms with Gasteiger partial charge in [-0.2, -0.15) is 0 Å². The second-order valence-electron chi connectivity index (χ2n) is 3.76. The Morgan fingerprint density at radius 2 is 2.15 bits per heavy atom. The molecule has 0 saturated heterocycles. The molecule has 0 N–H and O–H groups in total. The highest BCUT2D eigenvalue weighted by Gasteiger charge is 2.20. The Labute approximate surface area is 82.8 Å². The van der Waals surface area contributed by atoms with Crippen LogP contribution in [0, 0.1) is 6.92 Å². The van der Waals surface area contributed by atoms with Gasteiger partial charge in [-0.3, -0.25) is 4.79 Å². The molecule has 0 aliphatic heterocycles. The van der Waals surface area contributed by atoms with Crippen molar-refractivity contribution >= 4 is 17.6 Å². The van der Waals surface area contributed by atoms with Crippen LogP contribution in [-0.2, 0) is 0 Å². The van der Waals surface area contributed by atoms with Crippen molar-refractivity contribution in [2.45, 2.75) is 38.5 Å². The predicted molar refractivity (Wildman–Crippen MR) is 55.7 cm³/mol. The summed E-state index contributed by atoms with van der Waals surface area (Å²) in [4.78, 5) is 12.8. The summed E-state index contributed by atoms with van der Waals surface area (Å²) in [6, 6.07) is 2.09. The van der Waals surface area contributed by atoms with E-state index in [2.05, 4.69) is 13.0 Å². The van der Waals surface area contributed by atoms with Gasteiger partial charge in [0.15, 0.2) is 6.29 Å². The molecule has 0 radical (unpaired) electrons. The maximum absolute atomic E-state index is 10.6. The highest BCUT2D eigenvalue weighted by atomic mass is 32.1. The lowest BCUT2D eigenvalue weighted by molar-refractivity contribution is 0.112. The van der Waals surface area contributed by atoms with Crippen LogP contribution in [0.4, 0.5) is 0 Å². The molecule has 1 heterocycles. The van der Waals surface area contributed by atoms with Crippen molar-refractivity contribution in [3.63, 3.8) is 0 Å². The van der Waals surface area contributed by atoms with E-state index in [0.717, 1.165) is 17.1 Å². The molecular formula is C11H14OS. The summed E-state index contributed by atoms with van der Waals surface area (Å²) in [6.45, 7) is 2.13. The van der Waals surface area contributed by atoms with Crippen molar-refractivity contribution in [1.29, 1.82) is 0 Å². The van der Waals surface area contributed by atoms with Gasteiger partial charge in [0, 0.05) is 4.88 Å². The summed E-state index contributed by atoms with van der Waals surface area (Å²) in [7, 11) is 0. The highest BCUT2D eigenvalue weighted by Crippen LogP contribution is 2.38. The molecule has 0 bridgehead atoms. The van der Waals surface area contributed by atoms with Gasteiger partial charge in [-0.05, 0) is 37.3 Å². The van der Waals surface area contributed by atoms with Crippen LogP contribution >= 0.6 is 11.3 Å². The second kappa shape index (κ2) is 3.62. The van der Waals surface area contributed by atoms with Crippen LogP contribution < -0.4 is 0 Å². The monoisotopic (exact) mass is 194 g/mol. The third-order valence-electron chi connectivity index (χ3n) is 2.89. The molecular weight excluding hydrogens is 180 g/mol. The smallest absolute Gasteiger partial charge is 0.160 e. The highest BCUT2D eigenvalue weighted by molar-refractivity contribution is 7.13. The molecule has 0 amide bonds. The van der Waals surface area contributed by atoms with Crippen LogP contribution in [0.15, 0.2) is 6.07 Å². The van der Waals surface area contributed by atoms with E-state index in [1.807, 2.05) is 0 Å². The number of hydrogen-bond acceptors (Lipinski definition) is 2. The van der Waals surface area contributed by atoms with Gasteiger partial charge in [0.2, 0.25) is 0 Å². The maximum atomic E-state index is 10.6. The van der Waals surface area contributed by atoms with E-state index in [9.17, 15) is 4.79 Å². The zero-order valence-electron chi connectivity index (χ0n) is 7.88. The van der Waals surface area contributed by atoms with Crippen molar-refractivity contribution < 1.29 is 4.79 Å². The fourth-order valence-electron chi connectivity index (χ4n) is 2.22. The van der Waals surface area contributed by atoms with Gasteiger partial charge in [-0.1, -0.05) is 12.8 Å². The van der Waals surface area contributed by atoms with E-state index < -0.39 is 0 Å². The van der Waals surface area contributed by atoms with Gasteiger partial charge in [-0.15, -0.1) is 11.3 Å². The summed E-state index contributed by atoms with van der Waals surface area (Å²) in [5.74, 6) is 0.741. The summed E-state index contributed by atoms with van der Waals surface area (Å²) in [5.41, 5.74) is 1.43. The lowest BCUT2D eigenvalue weighted by atomic mass is 9.98. The van der Waals surface area contributed by atoms with E-state index in [-0.39, 0.29) is 0 Å². The van der Waals surface area contributed by atoms with Crippen LogP contribution in [0.3, 0.4) is 0 Å². The van der Waals surface area contributed by atoms with E-state index in [0.29, 0.717) is 0 Å². The Morgan fingerprint density at radius 1 is 1.46 bits per heavy atom. The molecule has 1 saturated carbocycles. The molecule has 0 aromatic carbocycles. The first kappa shape index (κ1) is 8.95. The average Bonchev–Trinajstić information content (AvgIpc) is 2.72. The Morgan fingerprint density at radius 3 is 2.69 bits per heavy atom. The van der Waals surface area contributed by atoms with Gasteiger partial charge in [0.05, 0.1) is 4.88 Å². The number of carbonyl (C=O) groups excluding carboxylic acids is 1. The van der Waals surface area contributed by atoms with Crippen LogP contribution in [0.1, 0.15) is 51.7 Å². The number of aryl methyl sites for hydroxylation is 1. The Balaban J connectivity index is 2.27. The molecule has 13 heavy (non-hydrogen) atoms. The minimum absolute atomic E-state index is 0.741. The summed E-state index contributed by atoms with van der Waals surface area (Å²) >= 11 is 1.63. The summed E-state index contributed by atoms with van der Waals surface area (Å²) in [6.07, 6.45) is 6.31. The number of aldehydes is 1. The van der Waals surface area contributed by atoms with Crippen molar-refractivity contribution in [3.05, 3.63) is 21.4 Å². The van der Waals surface area contributed by atoms with Gasteiger partial charge >= 0.3 is 0 Å². The molecule has 1 aromatic rings. The normalized spacial score (nSPS) is 17.9. The topological polar surface area (TPSA) is 17.1 Å². The molecule has 1 aliphatic rings. The van der Waals surface area contributed by atoms with Crippen molar-refractivity contribution in [2.24, 2.45) is 0 Å². The first-order valence-corrected chi connectivity index (χ1v) is 5.68. The number of carbonyl (C=O) groups is 1. The molecule has 70 valence electrons. The van der Waals surface area contributed by atoms with Crippen LogP contribution in [0.25, 0.3) is 0 Å². The fourth-order valence-corrected chi connectivity index (χ4v) is 3.15.